The Labute approximate surface area is 125 Å². The van der Waals surface area contributed by atoms with Crippen molar-refractivity contribution in [3.63, 3.8) is 0 Å². The van der Waals surface area contributed by atoms with E-state index in [1.807, 2.05) is 0 Å². The van der Waals surface area contributed by atoms with E-state index in [2.05, 4.69) is 9.26 Å². The van der Waals surface area contributed by atoms with Gasteiger partial charge in [0.2, 0.25) is 4.86 Å². The number of hydrogen-bond acceptors (Lipinski definition) is 5. The van der Waals surface area contributed by atoms with Crippen molar-refractivity contribution < 1.29 is 37.9 Å². The smallest absolute Gasteiger partial charge is 0.359 e. The molecule has 0 saturated carbocycles. The number of esters is 1. The van der Waals surface area contributed by atoms with Crippen molar-refractivity contribution in [2.45, 2.75) is 11.0 Å². The summed E-state index contributed by atoms with van der Waals surface area (Å²) in [6, 6.07) is 7.55. The molecule has 3 atom stereocenters. The highest BCUT2D eigenvalue weighted by molar-refractivity contribution is 7.74. The van der Waals surface area contributed by atoms with Gasteiger partial charge in [-0.3, -0.25) is 13.7 Å². The highest BCUT2D eigenvalue weighted by Crippen LogP contribution is 2.66. The summed E-state index contributed by atoms with van der Waals surface area (Å²) >= 11 is 5.27. The molecule has 0 amide bonds. The molecule has 1 rings (SSSR count). The zero-order chi connectivity index (χ0) is 16.3. The lowest BCUT2D eigenvalue weighted by Gasteiger charge is -2.23. The molecule has 11 heteroatoms. The summed E-state index contributed by atoms with van der Waals surface area (Å²) in [6.07, 6.45) is -1.64. The minimum absolute atomic E-state index is 0.174. The topological polar surface area (TPSA) is 130 Å². The van der Waals surface area contributed by atoms with Gasteiger partial charge in [-0.1, -0.05) is 41.9 Å². The third-order valence-electron chi connectivity index (χ3n) is 2.32. The second-order valence-corrected chi connectivity index (χ2v) is 8.89. The van der Waals surface area contributed by atoms with Gasteiger partial charge in [0.25, 0.3) is 0 Å². The SMILES string of the molecule is COC(=O)[C@@H](OP(=O)(O)C(Cl)P(=O)(O)O)c1ccccc1. The van der Waals surface area contributed by atoms with Gasteiger partial charge in [-0.2, -0.15) is 0 Å². The minimum atomic E-state index is -5.09. The minimum Gasteiger partial charge on any atom is -0.467 e. The Hall–Kier alpha value is -0.720. The van der Waals surface area contributed by atoms with Gasteiger partial charge in [0, 0.05) is 0 Å². The van der Waals surface area contributed by atoms with Crippen LogP contribution in [0.15, 0.2) is 30.3 Å². The summed E-state index contributed by atoms with van der Waals surface area (Å²) in [5.41, 5.74) is 0.174. The molecule has 0 heterocycles. The Morgan fingerprint density at radius 3 is 2.14 bits per heavy atom. The molecule has 3 N–H and O–H groups in total. The molecule has 0 bridgehead atoms. The maximum absolute atomic E-state index is 11.9. The van der Waals surface area contributed by atoms with Gasteiger partial charge in [0.05, 0.1) is 7.11 Å². The maximum Gasteiger partial charge on any atom is 0.359 e. The van der Waals surface area contributed by atoms with Crippen LogP contribution in [0.4, 0.5) is 0 Å². The van der Waals surface area contributed by atoms with E-state index in [-0.39, 0.29) is 5.56 Å². The van der Waals surface area contributed by atoms with Crippen LogP contribution in [0, 0.1) is 0 Å². The first-order chi connectivity index (χ1) is 9.59. The molecule has 8 nitrogen and oxygen atoms in total. The second-order valence-electron chi connectivity index (χ2n) is 3.88. The van der Waals surface area contributed by atoms with Gasteiger partial charge >= 0.3 is 21.2 Å². The van der Waals surface area contributed by atoms with Crippen LogP contribution < -0.4 is 0 Å². The van der Waals surface area contributed by atoms with Gasteiger partial charge < -0.3 is 19.4 Å². The predicted molar refractivity (Wildman–Crippen MR) is 73.8 cm³/mol. The van der Waals surface area contributed by atoms with E-state index in [0.717, 1.165) is 7.11 Å². The van der Waals surface area contributed by atoms with Gasteiger partial charge in [0.15, 0.2) is 6.10 Å². The van der Waals surface area contributed by atoms with E-state index in [9.17, 15) is 18.8 Å². The van der Waals surface area contributed by atoms with Crippen molar-refractivity contribution >= 4 is 32.8 Å². The van der Waals surface area contributed by atoms with Crippen LogP contribution in [0.1, 0.15) is 11.7 Å². The average Bonchev–Trinajstić information content (AvgIpc) is 2.43. The number of rotatable bonds is 6. The lowest BCUT2D eigenvalue weighted by Crippen LogP contribution is -2.18. The van der Waals surface area contributed by atoms with Crippen molar-refractivity contribution in [2.75, 3.05) is 7.11 Å². The zero-order valence-corrected chi connectivity index (χ0v) is 13.2. The summed E-state index contributed by atoms with van der Waals surface area (Å²) in [5, 5.41) is 0. The number of halogens is 1. The highest BCUT2D eigenvalue weighted by atomic mass is 35.5. The van der Waals surface area contributed by atoms with Crippen LogP contribution >= 0.6 is 26.8 Å². The monoisotopic (exact) mass is 358 g/mol. The molecular weight excluding hydrogens is 346 g/mol. The van der Waals surface area contributed by atoms with Crippen molar-refractivity contribution in [3.8, 4) is 0 Å². The molecule has 0 aromatic heterocycles. The Kier molecular flexibility index (Phi) is 6.13. The van der Waals surface area contributed by atoms with Crippen LogP contribution in [-0.2, 0) is 23.2 Å². The first-order valence-corrected chi connectivity index (χ1v) is 9.19. The van der Waals surface area contributed by atoms with Gasteiger partial charge in [-0.25, -0.2) is 4.79 Å². The van der Waals surface area contributed by atoms with Crippen molar-refractivity contribution in [1.82, 2.24) is 0 Å². The Morgan fingerprint density at radius 2 is 1.71 bits per heavy atom. The first-order valence-electron chi connectivity index (χ1n) is 5.42. The molecule has 1 aromatic carbocycles. The quantitative estimate of drug-likeness (QED) is 0.398. The van der Waals surface area contributed by atoms with Crippen molar-refractivity contribution in [3.05, 3.63) is 35.9 Å². The van der Waals surface area contributed by atoms with Gasteiger partial charge in [0.1, 0.15) is 0 Å². The standard InChI is InChI=1S/C10H13ClO8P2/c1-18-9(12)8(7-5-3-2-4-6-7)19-21(16,17)10(11)20(13,14)15/h2-6,8,10H,1H3,(H,16,17)(H2,13,14,15)/t8-,10?/m0/s1. The second kappa shape index (κ2) is 7.03. The van der Waals surface area contributed by atoms with Crippen molar-refractivity contribution in [2.24, 2.45) is 0 Å². The molecule has 0 spiro atoms. The van der Waals surface area contributed by atoms with Crippen LogP contribution in [0.5, 0.6) is 0 Å². The van der Waals surface area contributed by atoms with Crippen LogP contribution in [-0.4, -0.2) is 32.6 Å². The lowest BCUT2D eigenvalue weighted by atomic mass is 10.1. The molecule has 21 heavy (non-hydrogen) atoms. The first kappa shape index (κ1) is 18.3. The molecule has 1 aromatic rings. The zero-order valence-electron chi connectivity index (χ0n) is 10.7. The molecule has 0 aliphatic heterocycles. The fourth-order valence-electron chi connectivity index (χ4n) is 1.37. The molecule has 0 aliphatic rings. The summed E-state index contributed by atoms with van der Waals surface area (Å²) in [6.45, 7) is 0. The summed E-state index contributed by atoms with van der Waals surface area (Å²) in [5.74, 6) is -1.01. The van der Waals surface area contributed by atoms with Crippen LogP contribution in [0.3, 0.4) is 0 Å². The summed E-state index contributed by atoms with van der Waals surface area (Å²) in [7, 11) is -9.05. The molecule has 2 unspecified atom stereocenters. The summed E-state index contributed by atoms with van der Waals surface area (Å²) < 4.78 is 32.0. The largest absolute Gasteiger partial charge is 0.467 e. The number of carbonyl (C=O) groups excluding carboxylic acids is 1. The van der Waals surface area contributed by atoms with Crippen molar-refractivity contribution in [1.29, 1.82) is 0 Å². The molecule has 0 fully saturated rings. The highest BCUT2D eigenvalue weighted by Gasteiger charge is 2.47. The lowest BCUT2D eigenvalue weighted by molar-refractivity contribution is -0.149. The molecule has 0 saturated heterocycles. The van der Waals surface area contributed by atoms with E-state index in [0.29, 0.717) is 0 Å². The van der Waals surface area contributed by atoms with Crippen LogP contribution in [0.2, 0.25) is 0 Å². The predicted octanol–water partition coefficient (Wildman–Crippen LogP) is 1.80. The van der Waals surface area contributed by atoms with E-state index in [1.54, 1.807) is 6.07 Å². The number of alkyl halides is 1. The number of benzene rings is 1. The Balaban J connectivity index is 3.11. The van der Waals surface area contributed by atoms with Gasteiger partial charge in [-0.05, 0) is 5.56 Å². The molecule has 0 aliphatic carbocycles. The molecular formula is C10H13ClO8P2. The molecule has 118 valence electrons. The number of hydrogen-bond donors (Lipinski definition) is 3. The van der Waals surface area contributed by atoms with E-state index in [4.69, 9.17) is 21.4 Å². The third-order valence-corrected chi connectivity index (χ3v) is 7.21. The third kappa shape index (κ3) is 4.90. The Morgan fingerprint density at radius 1 is 1.19 bits per heavy atom. The van der Waals surface area contributed by atoms with Crippen LogP contribution in [0.25, 0.3) is 0 Å². The van der Waals surface area contributed by atoms with E-state index in [1.165, 1.54) is 24.3 Å². The number of carbonyl (C=O) groups is 1. The number of ether oxygens (including phenoxy) is 1. The average molecular weight is 359 g/mol. The summed E-state index contributed by atoms with van der Waals surface area (Å²) in [4.78, 5) is 36.5. The fourth-order valence-corrected chi connectivity index (χ4v) is 3.80. The normalized spacial score (nSPS) is 17.6. The van der Waals surface area contributed by atoms with E-state index >= 15 is 0 Å². The van der Waals surface area contributed by atoms with Gasteiger partial charge in [-0.15, -0.1) is 0 Å². The maximum atomic E-state index is 11.9. The Bertz CT molecular complexity index is 586. The molecule has 0 radical (unpaired) electrons. The number of methoxy groups -OCH3 is 1. The van der Waals surface area contributed by atoms with E-state index < -0.39 is 32.1 Å². The fraction of sp³-hybridized carbons (Fsp3) is 0.300.